The first-order valence-electron chi connectivity index (χ1n) is 11.7. The Morgan fingerprint density at radius 3 is 2.76 bits per heavy atom. The number of piperidine rings is 1. The Morgan fingerprint density at radius 1 is 1.32 bits per heavy atom. The van der Waals surface area contributed by atoms with Gasteiger partial charge in [0.15, 0.2) is 0 Å². The van der Waals surface area contributed by atoms with Crippen LogP contribution in [0.15, 0.2) is 50.3 Å². The number of hydrogen-bond donors (Lipinski definition) is 1. The van der Waals surface area contributed by atoms with Crippen molar-refractivity contribution >= 4 is 29.4 Å². The van der Waals surface area contributed by atoms with Crippen molar-refractivity contribution in [2.45, 2.75) is 39.2 Å². The number of aliphatic imine (C=N–C) groups is 2. The van der Waals surface area contributed by atoms with Crippen molar-refractivity contribution in [3.05, 3.63) is 51.7 Å². The highest BCUT2D eigenvalue weighted by atomic mass is 35.5. The minimum absolute atomic E-state index is 0.0363. The summed E-state index contributed by atoms with van der Waals surface area (Å²) in [5.41, 5.74) is 2.76. The Bertz CT molecular complexity index is 1070. The van der Waals surface area contributed by atoms with E-state index in [1.54, 1.807) is 18.2 Å². The number of allylic oxidation sites excluding steroid dienone is 2. The molecule has 1 N–H and O–H groups in total. The van der Waals surface area contributed by atoms with Crippen LogP contribution in [-0.2, 0) is 0 Å². The number of hydrogen-bond acceptors (Lipinski definition) is 6. The predicted molar refractivity (Wildman–Crippen MR) is 133 cm³/mol. The third-order valence-corrected chi connectivity index (χ3v) is 6.78. The van der Waals surface area contributed by atoms with E-state index in [2.05, 4.69) is 27.1 Å². The predicted octanol–water partition coefficient (Wildman–Crippen LogP) is 3.96. The average molecular weight is 488 g/mol. The van der Waals surface area contributed by atoms with Gasteiger partial charge in [0.05, 0.1) is 29.4 Å². The number of carbonyl (C=O) groups is 1. The molecule has 0 saturated carbocycles. The molecule has 2 saturated heterocycles. The SMILES string of the molecule is CCCN1CCC(Oc2cc(F)ccc2C(=O)N2CC(=N/C)/C(=C3/N=CC(Cl)=C(C)N3)C2)CC1. The Labute approximate surface area is 205 Å². The van der Waals surface area contributed by atoms with Gasteiger partial charge in [-0.25, -0.2) is 9.38 Å². The van der Waals surface area contributed by atoms with Gasteiger partial charge in [-0.2, -0.15) is 0 Å². The normalized spacial score (nSPS) is 23.1. The summed E-state index contributed by atoms with van der Waals surface area (Å²) in [5.74, 6) is 0.289. The number of rotatable bonds is 5. The maximum atomic E-state index is 14.1. The Hall–Kier alpha value is -2.71. The molecule has 1 amide bonds. The number of halogens is 2. The standard InChI is InChI=1S/C25H31ClFN5O2/c1-4-9-31-10-7-18(8-11-31)34-23-12-17(27)5-6-19(23)25(33)32-14-20(22(15-32)28-3)24-29-13-21(26)16(2)30-24/h5-6,12-13,18,30H,4,7-11,14-15H2,1-3H3/b24-20-,28-22-. The van der Waals surface area contributed by atoms with E-state index in [0.717, 1.165) is 55.9 Å². The summed E-state index contributed by atoms with van der Waals surface area (Å²) in [6, 6.07) is 4.13. The van der Waals surface area contributed by atoms with Crippen molar-refractivity contribution in [1.29, 1.82) is 0 Å². The number of carbonyl (C=O) groups excluding carboxylic acids is 1. The van der Waals surface area contributed by atoms with Gasteiger partial charge in [-0.15, -0.1) is 0 Å². The summed E-state index contributed by atoms with van der Waals surface area (Å²) in [6.07, 6.45) is 4.39. The van der Waals surface area contributed by atoms with Crippen LogP contribution in [0.25, 0.3) is 0 Å². The fourth-order valence-electron chi connectivity index (χ4n) is 4.50. The van der Waals surface area contributed by atoms with E-state index in [4.69, 9.17) is 16.3 Å². The molecule has 0 aliphatic carbocycles. The third kappa shape index (κ3) is 5.33. The van der Waals surface area contributed by atoms with E-state index in [1.807, 2.05) is 6.92 Å². The van der Waals surface area contributed by atoms with E-state index >= 15 is 0 Å². The molecule has 0 atom stereocenters. The monoisotopic (exact) mass is 487 g/mol. The smallest absolute Gasteiger partial charge is 0.258 e. The van der Waals surface area contributed by atoms with Gasteiger partial charge in [0.25, 0.3) is 5.91 Å². The van der Waals surface area contributed by atoms with Crippen molar-refractivity contribution in [3.8, 4) is 5.75 Å². The van der Waals surface area contributed by atoms with Crippen molar-refractivity contribution in [2.24, 2.45) is 9.98 Å². The number of benzene rings is 1. The molecule has 7 nitrogen and oxygen atoms in total. The quantitative estimate of drug-likeness (QED) is 0.682. The van der Waals surface area contributed by atoms with Gasteiger partial charge < -0.3 is 19.9 Å². The van der Waals surface area contributed by atoms with Gasteiger partial charge in [-0.3, -0.25) is 9.79 Å². The molecule has 1 aromatic carbocycles. The summed E-state index contributed by atoms with van der Waals surface area (Å²) < 4.78 is 20.3. The lowest BCUT2D eigenvalue weighted by Gasteiger charge is -2.32. The van der Waals surface area contributed by atoms with Crippen LogP contribution in [0, 0.1) is 5.82 Å². The van der Waals surface area contributed by atoms with Crippen LogP contribution in [-0.4, -0.2) is 73.5 Å². The highest BCUT2D eigenvalue weighted by molar-refractivity contribution is 6.39. The molecule has 0 spiro atoms. The first-order valence-corrected chi connectivity index (χ1v) is 12.1. The fourth-order valence-corrected chi connectivity index (χ4v) is 4.60. The first kappa shape index (κ1) is 24.4. The number of ether oxygens (including phenoxy) is 1. The first-order chi connectivity index (χ1) is 16.4. The molecule has 3 aliphatic rings. The van der Waals surface area contributed by atoms with Crippen LogP contribution in [0.2, 0.25) is 0 Å². The van der Waals surface area contributed by atoms with Crippen LogP contribution in [0.1, 0.15) is 43.5 Å². The van der Waals surface area contributed by atoms with E-state index < -0.39 is 5.82 Å². The molecule has 182 valence electrons. The topological polar surface area (TPSA) is 69.5 Å². The largest absolute Gasteiger partial charge is 0.489 e. The van der Waals surface area contributed by atoms with Crippen molar-refractivity contribution in [2.75, 3.05) is 39.8 Å². The lowest BCUT2D eigenvalue weighted by Crippen LogP contribution is -2.39. The molecule has 0 unspecified atom stereocenters. The highest BCUT2D eigenvalue weighted by Crippen LogP contribution is 2.28. The minimum Gasteiger partial charge on any atom is -0.489 e. The zero-order valence-corrected chi connectivity index (χ0v) is 20.7. The average Bonchev–Trinajstić information content (AvgIpc) is 3.27. The highest BCUT2D eigenvalue weighted by Gasteiger charge is 2.32. The molecular formula is C25H31ClFN5O2. The zero-order chi connectivity index (χ0) is 24.2. The van der Waals surface area contributed by atoms with Gasteiger partial charge in [0.1, 0.15) is 23.5 Å². The second-order valence-corrected chi connectivity index (χ2v) is 9.22. The summed E-state index contributed by atoms with van der Waals surface area (Å²) in [5, 5.41) is 3.73. The maximum absolute atomic E-state index is 14.1. The molecule has 0 radical (unpaired) electrons. The molecule has 9 heteroatoms. The number of amides is 1. The van der Waals surface area contributed by atoms with Crippen molar-refractivity contribution < 1.29 is 13.9 Å². The van der Waals surface area contributed by atoms with Crippen LogP contribution in [0.4, 0.5) is 4.39 Å². The summed E-state index contributed by atoms with van der Waals surface area (Å²) >= 11 is 6.11. The van der Waals surface area contributed by atoms with Gasteiger partial charge >= 0.3 is 0 Å². The number of nitrogens with one attached hydrogen (secondary N) is 1. The number of nitrogens with zero attached hydrogens (tertiary/aromatic N) is 4. The Kier molecular flexibility index (Phi) is 7.68. The summed E-state index contributed by atoms with van der Waals surface area (Å²) in [4.78, 5) is 26.4. The molecular weight excluding hydrogens is 457 g/mol. The second-order valence-electron chi connectivity index (χ2n) is 8.81. The van der Waals surface area contributed by atoms with E-state index in [-0.39, 0.29) is 12.0 Å². The summed E-state index contributed by atoms with van der Waals surface area (Å²) in [7, 11) is 1.70. The van der Waals surface area contributed by atoms with Gasteiger partial charge in [-0.1, -0.05) is 18.5 Å². The molecule has 1 aromatic rings. The maximum Gasteiger partial charge on any atom is 0.258 e. The van der Waals surface area contributed by atoms with E-state index in [1.165, 1.54) is 18.2 Å². The van der Waals surface area contributed by atoms with Crippen LogP contribution < -0.4 is 10.1 Å². The van der Waals surface area contributed by atoms with Crippen molar-refractivity contribution in [1.82, 2.24) is 15.1 Å². The molecule has 3 aliphatic heterocycles. The third-order valence-electron chi connectivity index (χ3n) is 6.39. The fraction of sp³-hybridized carbons (Fsp3) is 0.480. The van der Waals surface area contributed by atoms with Crippen molar-refractivity contribution in [3.63, 3.8) is 0 Å². The molecule has 3 heterocycles. The van der Waals surface area contributed by atoms with Crippen LogP contribution in [0.5, 0.6) is 5.75 Å². The molecule has 0 aromatic heterocycles. The molecule has 0 bridgehead atoms. The molecule has 4 rings (SSSR count). The zero-order valence-electron chi connectivity index (χ0n) is 19.9. The Balaban J connectivity index is 1.52. The Morgan fingerprint density at radius 2 is 2.09 bits per heavy atom. The second kappa shape index (κ2) is 10.7. The summed E-state index contributed by atoms with van der Waals surface area (Å²) in [6.45, 7) is 7.68. The molecule has 2 fully saturated rings. The minimum atomic E-state index is -0.421. The van der Waals surface area contributed by atoms with E-state index in [9.17, 15) is 9.18 Å². The number of likely N-dealkylation sites (tertiary alicyclic amines) is 2. The van der Waals surface area contributed by atoms with Gasteiger partial charge in [-0.05, 0) is 44.9 Å². The van der Waals surface area contributed by atoms with E-state index in [0.29, 0.717) is 35.3 Å². The molecule has 34 heavy (non-hydrogen) atoms. The van der Waals surface area contributed by atoms with Crippen LogP contribution in [0.3, 0.4) is 0 Å². The van der Waals surface area contributed by atoms with Crippen LogP contribution >= 0.6 is 11.6 Å². The lowest BCUT2D eigenvalue weighted by molar-refractivity contribution is 0.0778. The lowest BCUT2D eigenvalue weighted by atomic mass is 10.1. The van der Waals surface area contributed by atoms with Gasteiger partial charge in [0, 0.05) is 43.7 Å². The van der Waals surface area contributed by atoms with Gasteiger partial charge in [0.2, 0.25) is 0 Å².